The number of hydrogen-bond acceptors (Lipinski definition) is 8. The summed E-state index contributed by atoms with van der Waals surface area (Å²) in [6.07, 6.45) is 1.50. The zero-order valence-corrected chi connectivity index (χ0v) is 15.8. The predicted octanol–water partition coefficient (Wildman–Crippen LogP) is 2.05. The first-order chi connectivity index (χ1) is 11.4. The molecule has 0 unspecified atom stereocenters. The van der Waals surface area contributed by atoms with Crippen molar-refractivity contribution < 1.29 is 4.79 Å². The Balaban J connectivity index is 1.74. The van der Waals surface area contributed by atoms with Crippen molar-refractivity contribution >= 4 is 61.1 Å². The van der Waals surface area contributed by atoms with Gasteiger partial charge in [0, 0.05) is 6.04 Å². The molecule has 9 nitrogen and oxygen atoms in total. The van der Waals surface area contributed by atoms with Gasteiger partial charge in [-0.25, -0.2) is 9.67 Å². The van der Waals surface area contributed by atoms with Crippen LogP contribution in [-0.2, 0) is 4.79 Å². The van der Waals surface area contributed by atoms with Crippen LogP contribution in [-0.4, -0.2) is 41.6 Å². The van der Waals surface area contributed by atoms with Gasteiger partial charge in [0.1, 0.15) is 5.39 Å². The normalized spacial score (nSPS) is 11.3. The van der Waals surface area contributed by atoms with Gasteiger partial charge < -0.3 is 4.98 Å². The van der Waals surface area contributed by atoms with Crippen molar-refractivity contribution in [3.8, 4) is 0 Å². The summed E-state index contributed by atoms with van der Waals surface area (Å²) < 4.78 is 2.26. The van der Waals surface area contributed by atoms with E-state index in [1.807, 2.05) is 13.8 Å². The summed E-state index contributed by atoms with van der Waals surface area (Å²) in [5.74, 6) is -0.176. The first kappa shape index (κ1) is 17.0. The van der Waals surface area contributed by atoms with E-state index in [0.717, 1.165) is 11.8 Å². The first-order valence-corrected chi connectivity index (χ1v) is 9.42. The lowest BCUT2D eigenvalue weighted by atomic mass is 10.4. The quantitative estimate of drug-likeness (QED) is 0.470. The summed E-state index contributed by atoms with van der Waals surface area (Å²) in [5.41, 5.74) is 0.229. The molecule has 12 heteroatoms. The van der Waals surface area contributed by atoms with Gasteiger partial charge in [0.2, 0.25) is 11.0 Å². The Hall–Kier alpha value is -1.79. The van der Waals surface area contributed by atoms with Gasteiger partial charge in [0.05, 0.1) is 11.9 Å². The monoisotopic (exact) mass is 429 g/mol. The number of nitrogens with one attached hydrogen (secondary N) is 2. The molecule has 3 aromatic heterocycles. The third-order valence-electron chi connectivity index (χ3n) is 2.92. The van der Waals surface area contributed by atoms with Crippen LogP contribution < -0.4 is 10.9 Å². The maximum Gasteiger partial charge on any atom is 0.262 e. The molecule has 0 aliphatic heterocycles. The highest BCUT2D eigenvalue weighted by Gasteiger charge is 2.14. The van der Waals surface area contributed by atoms with E-state index in [1.165, 1.54) is 17.5 Å². The molecule has 0 aromatic carbocycles. The number of halogens is 1. The summed E-state index contributed by atoms with van der Waals surface area (Å²) in [6, 6.07) is 0.0776. The smallest absolute Gasteiger partial charge is 0.262 e. The Labute approximate surface area is 152 Å². The number of fused-ring (bicyclic) bond motifs is 1. The van der Waals surface area contributed by atoms with Crippen molar-refractivity contribution in [2.24, 2.45) is 0 Å². The fraction of sp³-hybridized carbons (Fsp3) is 0.333. The van der Waals surface area contributed by atoms with Crippen LogP contribution in [0, 0.1) is 0 Å². The Morgan fingerprint density at radius 3 is 2.96 bits per heavy atom. The number of thioether (sulfide) groups is 1. The molecule has 1 amide bonds. The van der Waals surface area contributed by atoms with Crippen LogP contribution in [0.1, 0.15) is 19.9 Å². The fourth-order valence-electron chi connectivity index (χ4n) is 1.91. The molecule has 126 valence electrons. The van der Waals surface area contributed by atoms with Crippen LogP contribution in [0.2, 0.25) is 0 Å². The molecule has 3 heterocycles. The van der Waals surface area contributed by atoms with E-state index in [0.29, 0.717) is 25.2 Å². The Bertz CT molecular complexity index is 948. The van der Waals surface area contributed by atoms with E-state index in [1.54, 1.807) is 4.68 Å². The van der Waals surface area contributed by atoms with E-state index in [-0.39, 0.29) is 23.3 Å². The van der Waals surface area contributed by atoms with Gasteiger partial charge in [-0.3, -0.25) is 14.9 Å². The lowest BCUT2D eigenvalue weighted by molar-refractivity contribution is -0.113. The highest BCUT2D eigenvalue weighted by atomic mass is 79.9. The topological polar surface area (TPSA) is 118 Å². The van der Waals surface area contributed by atoms with Crippen LogP contribution in [0.3, 0.4) is 0 Å². The van der Waals surface area contributed by atoms with E-state index >= 15 is 0 Å². The zero-order chi connectivity index (χ0) is 17.3. The first-order valence-electron chi connectivity index (χ1n) is 6.83. The number of carbonyl (C=O) groups is 1. The second-order valence-corrected chi connectivity index (χ2v) is 8.21. The molecule has 3 aromatic rings. The standard InChI is InChI=1S/C12H12BrN7O2S2/c1-5(2)20-8-6(3-14-20)9(22)17-11(16-8)23-4-7(21)15-12-19-18-10(13)24-12/h3,5H,4H2,1-2H3,(H,15,19,21)(H,16,17,22). The maximum absolute atomic E-state index is 12.1. The highest BCUT2D eigenvalue weighted by molar-refractivity contribution is 9.11. The molecule has 2 N–H and O–H groups in total. The van der Waals surface area contributed by atoms with Crippen molar-refractivity contribution in [3.63, 3.8) is 0 Å². The minimum atomic E-state index is -0.275. The van der Waals surface area contributed by atoms with Crippen molar-refractivity contribution in [2.75, 3.05) is 11.1 Å². The van der Waals surface area contributed by atoms with Crippen LogP contribution in [0.5, 0.6) is 0 Å². The highest BCUT2D eigenvalue weighted by Crippen LogP contribution is 2.21. The van der Waals surface area contributed by atoms with Crippen molar-refractivity contribution in [1.82, 2.24) is 29.9 Å². The summed E-state index contributed by atoms with van der Waals surface area (Å²) in [5, 5.41) is 15.5. The van der Waals surface area contributed by atoms with Crippen LogP contribution >= 0.6 is 39.0 Å². The molecule has 0 aliphatic rings. The molecule has 0 saturated carbocycles. The molecule has 0 bridgehead atoms. The largest absolute Gasteiger partial charge is 0.301 e. The number of hydrogen-bond donors (Lipinski definition) is 2. The van der Waals surface area contributed by atoms with Crippen LogP contribution in [0.4, 0.5) is 5.13 Å². The number of rotatable bonds is 5. The molecular formula is C12H12BrN7O2S2. The van der Waals surface area contributed by atoms with Crippen molar-refractivity contribution in [3.05, 3.63) is 20.5 Å². The zero-order valence-electron chi connectivity index (χ0n) is 12.6. The average Bonchev–Trinajstić information content (AvgIpc) is 3.11. The molecule has 0 atom stereocenters. The third kappa shape index (κ3) is 3.65. The minimum absolute atomic E-state index is 0.0776. The number of H-pyrrole nitrogens is 1. The molecule has 0 saturated heterocycles. The van der Waals surface area contributed by atoms with Gasteiger partial charge in [-0.1, -0.05) is 23.1 Å². The molecule has 0 spiro atoms. The SMILES string of the molecule is CC(C)n1ncc2c(=O)[nH]c(SCC(=O)Nc3nnc(Br)s3)nc21. The molecular weight excluding hydrogens is 418 g/mol. The minimum Gasteiger partial charge on any atom is -0.301 e. The number of aromatic amines is 1. The molecule has 0 aliphatic carbocycles. The van der Waals surface area contributed by atoms with Gasteiger partial charge in [-0.2, -0.15) is 5.10 Å². The van der Waals surface area contributed by atoms with Gasteiger partial charge in [-0.05, 0) is 29.8 Å². The van der Waals surface area contributed by atoms with Gasteiger partial charge in [0.25, 0.3) is 5.56 Å². The fourth-order valence-corrected chi connectivity index (χ4v) is 3.59. The average molecular weight is 430 g/mol. The van der Waals surface area contributed by atoms with Crippen LogP contribution in [0.15, 0.2) is 20.1 Å². The molecule has 0 radical (unpaired) electrons. The van der Waals surface area contributed by atoms with Gasteiger partial charge in [-0.15, -0.1) is 10.2 Å². The van der Waals surface area contributed by atoms with Gasteiger partial charge in [0.15, 0.2) is 14.7 Å². The van der Waals surface area contributed by atoms with E-state index in [2.05, 4.69) is 46.5 Å². The number of nitrogens with zero attached hydrogens (tertiary/aromatic N) is 5. The Morgan fingerprint density at radius 2 is 2.29 bits per heavy atom. The van der Waals surface area contributed by atoms with E-state index < -0.39 is 0 Å². The second-order valence-electron chi connectivity index (χ2n) is 4.99. The number of carbonyl (C=O) groups excluding carboxylic acids is 1. The molecule has 24 heavy (non-hydrogen) atoms. The summed E-state index contributed by atoms with van der Waals surface area (Å²) in [7, 11) is 0. The molecule has 0 fully saturated rings. The second kappa shape index (κ2) is 6.99. The number of anilines is 1. The van der Waals surface area contributed by atoms with E-state index in [4.69, 9.17) is 0 Å². The lowest BCUT2D eigenvalue weighted by Crippen LogP contribution is -2.16. The van der Waals surface area contributed by atoms with Crippen molar-refractivity contribution in [1.29, 1.82) is 0 Å². The summed E-state index contributed by atoms with van der Waals surface area (Å²) in [6.45, 7) is 3.91. The van der Waals surface area contributed by atoms with Crippen molar-refractivity contribution in [2.45, 2.75) is 25.0 Å². The number of amides is 1. The van der Waals surface area contributed by atoms with E-state index in [9.17, 15) is 9.59 Å². The van der Waals surface area contributed by atoms with Gasteiger partial charge >= 0.3 is 0 Å². The summed E-state index contributed by atoms with van der Waals surface area (Å²) >= 11 is 5.52. The summed E-state index contributed by atoms with van der Waals surface area (Å²) in [4.78, 5) is 31.1. The van der Waals surface area contributed by atoms with Crippen LogP contribution in [0.25, 0.3) is 11.0 Å². The Kier molecular flexibility index (Phi) is 4.96. The maximum atomic E-state index is 12.1. The lowest BCUT2D eigenvalue weighted by Gasteiger charge is -2.07. The third-order valence-corrected chi connectivity index (χ3v) is 5.06. The Morgan fingerprint density at radius 1 is 1.50 bits per heavy atom. The molecule has 3 rings (SSSR count). The predicted molar refractivity (Wildman–Crippen MR) is 95.5 cm³/mol. The number of aromatic nitrogens is 6.